The van der Waals surface area contributed by atoms with Gasteiger partial charge in [0.15, 0.2) is 0 Å². The van der Waals surface area contributed by atoms with Gasteiger partial charge in [0, 0.05) is 12.1 Å². The van der Waals surface area contributed by atoms with Crippen LogP contribution in [-0.4, -0.2) is 23.1 Å². The van der Waals surface area contributed by atoms with Crippen LogP contribution in [0.2, 0.25) is 0 Å². The van der Waals surface area contributed by atoms with E-state index >= 15 is 0 Å². The van der Waals surface area contributed by atoms with Gasteiger partial charge in [0.2, 0.25) is 0 Å². The van der Waals surface area contributed by atoms with Crippen LogP contribution in [-0.2, 0) is 6.54 Å². The summed E-state index contributed by atoms with van der Waals surface area (Å²) in [5.41, 5.74) is 0.0849. The largest absolute Gasteiger partial charge is 0.319 e. The van der Waals surface area contributed by atoms with Crippen molar-refractivity contribution in [3.05, 3.63) is 36.7 Å². The van der Waals surface area contributed by atoms with Crippen molar-refractivity contribution in [1.29, 1.82) is 0 Å². The number of pyridine rings is 1. The highest BCUT2D eigenvalue weighted by atomic mass is 79.9. The Morgan fingerprint density at radius 2 is 2.22 bits per heavy atom. The van der Waals surface area contributed by atoms with Crippen LogP contribution in [0, 0.1) is 23.0 Å². The lowest BCUT2D eigenvalue weighted by atomic mass is 10.1. The van der Waals surface area contributed by atoms with Gasteiger partial charge in [0.1, 0.15) is 0 Å². The number of halogens is 1. The molecule has 1 rings (SSSR count). The van der Waals surface area contributed by atoms with Gasteiger partial charge in [-0.3, -0.25) is 14.9 Å². The third-order valence-corrected chi connectivity index (χ3v) is 3.63. The van der Waals surface area contributed by atoms with Crippen molar-refractivity contribution in [3.8, 4) is 0 Å². The Morgan fingerprint density at radius 3 is 2.72 bits per heavy atom. The zero-order valence-electron chi connectivity index (χ0n) is 10.6. The van der Waals surface area contributed by atoms with Crippen LogP contribution >= 0.6 is 15.9 Å². The molecule has 0 aliphatic rings. The third kappa shape index (κ3) is 3.17. The molecular weight excluding hydrogens is 302 g/mol. The number of hydrogen-bond donors (Lipinski definition) is 1. The second kappa shape index (κ2) is 6.10. The zero-order valence-corrected chi connectivity index (χ0v) is 12.2. The van der Waals surface area contributed by atoms with Crippen molar-refractivity contribution < 1.29 is 4.92 Å². The second-order valence-electron chi connectivity index (χ2n) is 4.33. The fourth-order valence-corrected chi connectivity index (χ4v) is 2.20. The molecular formula is C11H16BrN3O3. The van der Waals surface area contributed by atoms with Crippen LogP contribution in [0.25, 0.3) is 0 Å². The first kappa shape index (κ1) is 14.8. The molecule has 0 aliphatic heterocycles. The standard InChI is InChI=1S/C11H16BrN3O3/c1-7(4-13-3)5-14-6-9(15(17)18)8(2)10(12)11(14)16/h6-7,13H,4-5H2,1-3H3. The lowest BCUT2D eigenvalue weighted by Crippen LogP contribution is -2.28. The summed E-state index contributed by atoms with van der Waals surface area (Å²) in [4.78, 5) is 22.4. The summed E-state index contributed by atoms with van der Waals surface area (Å²) in [5, 5.41) is 13.9. The Morgan fingerprint density at radius 1 is 1.61 bits per heavy atom. The molecule has 0 spiro atoms. The van der Waals surface area contributed by atoms with Gasteiger partial charge in [-0.25, -0.2) is 0 Å². The molecule has 6 nitrogen and oxygen atoms in total. The van der Waals surface area contributed by atoms with E-state index in [1.165, 1.54) is 10.8 Å². The normalized spacial score (nSPS) is 12.4. The summed E-state index contributed by atoms with van der Waals surface area (Å²) < 4.78 is 1.64. The first-order chi connectivity index (χ1) is 8.38. The molecule has 1 unspecified atom stereocenters. The molecule has 0 amide bonds. The monoisotopic (exact) mass is 317 g/mol. The maximum atomic E-state index is 12.0. The molecule has 0 aromatic carbocycles. The average Bonchev–Trinajstić information content (AvgIpc) is 2.30. The van der Waals surface area contributed by atoms with E-state index in [-0.39, 0.29) is 21.6 Å². The molecule has 100 valence electrons. The van der Waals surface area contributed by atoms with Gasteiger partial charge in [-0.2, -0.15) is 0 Å². The van der Waals surface area contributed by atoms with E-state index < -0.39 is 4.92 Å². The molecule has 0 saturated heterocycles. The Kier molecular flexibility index (Phi) is 5.03. The van der Waals surface area contributed by atoms with Gasteiger partial charge in [-0.1, -0.05) is 6.92 Å². The van der Waals surface area contributed by atoms with Crippen LogP contribution in [0.15, 0.2) is 15.5 Å². The molecule has 0 radical (unpaired) electrons. The molecule has 1 aromatic rings. The molecule has 1 N–H and O–H groups in total. The van der Waals surface area contributed by atoms with Gasteiger partial charge in [-0.05, 0) is 42.4 Å². The highest BCUT2D eigenvalue weighted by molar-refractivity contribution is 9.10. The van der Waals surface area contributed by atoms with Crippen LogP contribution in [0.1, 0.15) is 12.5 Å². The van der Waals surface area contributed by atoms with E-state index in [0.717, 1.165) is 6.54 Å². The number of aromatic nitrogens is 1. The van der Waals surface area contributed by atoms with Crippen molar-refractivity contribution in [1.82, 2.24) is 9.88 Å². The highest BCUT2D eigenvalue weighted by Crippen LogP contribution is 2.22. The van der Waals surface area contributed by atoms with Crippen molar-refractivity contribution in [3.63, 3.8) is 0 Å². The van der Waals surface area contributed by atoms with E-state index in [1.807, 2.05) is 14.0 Å². The number of hydrogen-bond acceptors (Lipinski definition) is 4. The maximum Gasteiger partial charge on any atom is 0.289 e. The van der Waals surface area contributed by atoms with Gasteiger partial charge in [-0.15, -0.1) is 0 Å². The minimum absolute atomic E-state index is 0.0434. The summed E-state index contributed by atoms with van der Waals surface area (Å²) >= 11 is 3.12. The summed E-state index contributed by atoms with van der Waals surface area (Å²) in [7, 11) is 1.83. The summed E-state index contributed by atoms with van der Waals surface area (Å²) in [5.74, 6) is 0.210. The molecule has 1 heterocycles. The summed E-state index contributed by atoms with van der Waals surface area (Å²) in [6.07, 6.45) is 1.31. The van der Waals surface area contributed by atoms with Crippen molar-refractivity contribution in [2.45, 2.75) is 20.4 Å². The topological polar surface area (TPSA) is 77.2 Å². The van der Waals surface area contributed by atoms with Gasteiger partial charge in [0.25, 0.3) is 11.2 Å². The van der Waals surface area contributed by atoms with Crippen molar-refractivity contribution in [2.75, 3.05) is 13.6 Å². The van der Waals surface area contributed by atoms with E-state index in [9.17, 15) is 14.9 Å². The first-order valence-corrected chi connectivity index (χ1v) is 6.36. The second-order valence-corrected chi connectivity index (χ2v) is 5.12. The molecule has 0 saturated carbocycles. The lowest BCUT2D eigenvalue weighted by Gasteiger charge is -2.13. The summed E-state index contributed by atoms with van der Waals surface area (Å²) in [6.45, 7) is 4.72. The Hall–Kier alpha value is -1.21. The molecule has 1 aromatic heterocycles. The zero-order chi connectivity index (χ0) is 13.9. The Bertz CT molecular complexity index is 513. The fourth-order valence-electron chi connectivity index (χ4n) is 1.77. The van der Waals surface area contributed by atoms with Crippen LogP contribution < -0.4 is 10.9 Å². The molecule has 0 aliphatic carbocycles. The van der Waals surface area contributed by atoms with E-state index in [1.54, 1.807) is 6.92 Å². The number of rotatable bonds is 5. The quantitative estimate of drug-likeness (QED) is 0.662. The Labute approximate surface area is 113 Å². The van der Waals surface area contributed by atoms with E-state index in [0.29, 0.717) is 12.1 Å². The van der Waals surface area contributed by atoms with E-state index in [2.05, 4.69) is 21.2 Å². The minimum atomic E-state index is -0.473. The van der Waals surface area contributed by atoms with Gasteiger partial charge in [0.05, 0.1) is 15.6 Å². The predicted molar refractivity (Wildman–Crippen MR) is 72.9 cm³/mol. The van der Waals surface area contributed by atoms with Gasteiger partial charge < -0.3 is 9.88 Å². The van der Waals surface area contributed by atoms with Gasteiger partial charge >= 0.3 is 0 Å². The molecule has 18 heavy (non-hydrogen) atoms. The van der Waals surface area contributed by atoms with Crippen LogP contribution in [0.5, 0.6) is 0 Å². The number of nitrogens with one attached hydrogen (secondary N) is 1. The number of nitrogens with zero attached hydrogens (tertiary/aromatic N) is 2. The lowest BCUT2D eigenvalue weighted by molar-refractivity contribution is -0.386. The third-order valence-electron chi connectivity index (χ3n) is 2.70. The van der Waals surface area contributed by atoms with E-state index in [4.69, 9.17) is 0 Å². The summed E-state index contributed by atoms with van der Waals surface area (Å²) in [6, 6.07) is 0. The minimum Gasteiger partial charge on any atom is -0.319 e. The number of nitro groups is 1. The predicted octanol–water partition coefficient (Wildman–Crippen LogP) is 1.68. The Balaban J connectivity index is 3.20. The highest BCUT2D eigenvalue weighted by Gasteiger charge is 2.19. The average molecular weight is 318 g/mol. The van der Waals surface area contributed by atoms with Crippen molar-refractivity contribution in [2.24, 2.45) is 5.92 Å². The smallest absolute Gasteiger partial charge is 0.289 e. The molecule has 0 fully saturated rings. The molecule has 1 atom stereocenters. The first-order valence-electron chi connectivity index (χ1n) is 5.57. The SMILES string of the molecule is CNCC(C)Cn1cc([N+](=O)[O-])c(C)c(Br)c1=O. The molecule has 7 heteroatoms. The van der Waals surface area contributed by atoms with Crippen molar-refractivity contribution >= 4 is 21.6 Å². The fraction of sp³-hybridized carbons (Fsp3) is 0.545. The van der Waals surface area contributed by atoms with Crippen LogP contribution in [0.3, 0.4) is 0 Å². The van der Waals surface area contributed by atoms with Crippen LogP contribution in [0.4, 0.5) is 5.69 Å². The molecule has 0 bridgehead atoms. The maximum absolute atomic E-state index is 12.0.